The molecule has 8 heteroatoms. The number of alkyl halides is 1. The minimum Gasteiger partial charge on any atom is -0.461 e. The number of nitrogens with zero attached hydrogens (tertiary/aromatic N) is 5. The molecule has 5 heterocycles. The van der Waals surface area contributed by atoms with Crippen molar-refractivity contribution in [2.45, 2.75) is 64.1 Å². The van der Waals surface area contributed by atoms with Gasteiger partial charge in [-0.3, -0.25) is 9.88 Å². The second kappa shape index (κ2) is 10.5. The summed E-state index contributed by atoms with van der Waals surface area (Å²) in [6, 6.07) is 10.3. The molecule has 8 rings (SSSR count). The van der Waals surface area contributed by atoms with Gasteiger partial charge in [0.1, 0.15) is 29.8 Å². The molecule has 0 amide bonds. The molecule has 0 spiro atoms. The molecule has 2 bridgehead atoms. The number of hydrogen-bond donors (Lipinski definition) is 0. The summed E-state index contributed by atoms with van der Waals surface area (Å²) in [4.78, 5) is 18.9. The number of allylic oxidation sites excluding steroid dienone is 1. The second-order valence-corrected chi connectivity index (χ2v) is 13.8. The summed E-state index contributed by atoms with van der Waals surface area (Å²) < 4.78 is 37.8. The molecule has 3 aliphatic heterocycles. The largest absolute Gasteiger partial charge is 0.461 e. The van der Waals surface area contributed by atoms with Crippen LogP contribution < -0.4 is 9.64 Å². The number of aromatic nitrogens is 3. The van der Waals surface area contributed by atoms with E-state index in [4.69, 9.17) is 19.7 Å². The molecule has 228 valence electrons. The predicted molar refractivity (Wildman–Crippen MR) is 171 cm³/mol. The van der Waals surface area contributed by atoms with Gasteiger partial charge >= 0.3 is 6.01 Å². The Labute approximate surface area is 257 Å². The Morgan fingerprint density at radius 3 is 2.75 bits per heavy atom. The van der Waals surface area contributed by atoms with Crippen LogP contribution in [0.25, 0.3) is 38.5 Å². The molecule has 1 saturated carbocycles. The van der Waals surface area contributed by atoms with Gasteiger partial charge in [0.15, 0.2) is 5.82 Å². The Hall–Kier alpha value is -3.65. The van der Waals surface area contributed by atoms with Crippen molar-refractivity contribution in [2.24, 2.45) is 11.8 Å². The van der Waals surface area contributed by atoms with Crippen molar-refractivity contribution in [1.29, 1.82) is 0 Å². The molecule has 44 heavy (non-hydrogen) atoms. The lowest BCUT2D eigenvalue weighted by Gasteiger charge is -2.34. The van der Waals surface area contributed by atoms with Gasteiger partial charge in [-0.1, -0.05) is 36.4 Å². The smallest absolute Gasteiger partial charge is 0.319 e. The van der Waals surface area contributed by atoms with Crippen LogP contribution in [0.5, 0.6) is 6.01 Å². The van der Waals surface area contributed by atoms with Crippen molar-refractivity contribution in [3.8, 4) is 17.3 Å². The molecule has 4 aliphatic rings. The maximum Gasteiger partial charge on any atom is 0.319 e. The predicted octanol–water partition coefficient (Wildman–Crippen LogP) is 7.52. The molecule has 2 aromatic carbocycles. The lowest BCUT2D eigenvalue weighted by atomic mass is 9.92. The average molecular weight is 596 g/mol. The van der Waals surface area contributed by atoms with Crippen LogP contribution in [0.3, 0.4) is 0 Å². The molecular formula is C36H39F2N5O. The van der Waals surface area contributed by atoms with Gasteiger partial charge in [-0.15, -0.1) is 0 Å². The molecule has 2 unspecified atom stereocenters. The van der Waals surface area contributed by atoms with E-state index in [1.54, 1.807) is 6.20 Å². The quantitative estimate of drug-likeness (QED) is 0.230. The van der Waals surface area contributed by atoms with E-state index in [-0.39, 0.29) is 22.8 Å². The van der Waals surface area contributed by atoms with E-state index in [0.29, 0.717) is 42.6 Å². The topological polar surface area (TPSA) is 54.4 Å². The zero-order chi connectivity index (χ0) is 30.2. The third-order valence-electron chi connectivity index (χ3n) is 10.6. The first-order chi connectivity index (χ1) is 21.3. The van der Waals surface area contributed by atoms with Crippen molar-refractivity contribution in [3.63, 3.8) is 0 Å². The van der Waals surface area contributed by atoms with Crippen LogP contribution in [0.4, 0.5) is 14.6 Å². The molecule has 1 aliphatic carbocycles. The van der Waals surface area contributed by atoms with Crippen LogP contribution >= 0.6 is 0 Å². The Kier molecular flexibility index (Phi) is 6.63. The summed E-state index contributed by atoms with van der Waals surface area (Å²) in [5, 5.41) is 2.54. The molecule has 4 atom stereocenters. The van der Waals surface area contributed by atoms with E-state index in [1.807, 2.05) is 38.1 Å². The van der Waals surface area contributed by atoms with Crippen LogP contribution in [0.2, 0.25) is 0 Å². The number of aryl methyl sites for hydroxylation is 1. The van der Waals surface area contributed by atoms with E-state index >= 15 is 4.39 Å². The summed E-state index contributed by atoms with van der Waals surface area (Å²) >= 11 is 0. The van der Waals surface area contributed by atoms with Gasteiger partial charge in [0.25, 0.3) is 0 Å². The number of halogens is 2. The minimum absolute atomic E-state index is 0.154. The van der Waals surface area contributed by atoms with Gasteiger partial charge in [-0.2, -0.15) is 9.97 Å². The van der Waals surface area contributed by atoms with Gasteiger partial charge in [-0.05, 0) is 92.3 Å². The molecule has 4 fully saturated rings. The molecule has 6 nitrogen and oxygen atoms in total. The standard InChI is InChI=1S/C36H39F2N5O/c1-21(2)27-7-4-6-25-12-22(3)13-28(30(25)27)32-31(38)33-29(16-39-32)34(42-17-23-8-9-24(14-23)18-42)41-35(40-33)44-20-36-10-5-11-43(36)19-26(37)15-36/h4,6-7,12-13,16,23-24,26H,1,5,8-11,14-15,17-20H2,2-3H3/t23?,24?,26-,36+/m1/s1. The van der Waals surface area contributed by atoms with E-state index in [9.17, 15) is 4.39 Å². The highest BCUT2D eigenvalue weighted by atomic mass is 19.1. The number of ether oxygens (including phenoxy) is 1. The van der Waals surface area contributed by atoms with E-state index in [0.717, 1.165) is 65.5 Å². The van der Waals surface area contributed by atoms with E-state index < -0.39 is 12.0 Å². The lowest BCUT2D eigenvalue weighted by molar-refractivity contribution is 0.107. The van der Waals surface area contributed by atoms with Gasteiger partial charge < -0.3 is 9.64 Å². The Morgan fingerprint density at radius 1 is 1.14 bits per heavy atom. The number of anilines is 1. The van der Waals surface area contributed by atoms with Gasteiger partial charge in [0, 0.05) is 37.8 Å². The molecule has 4 aromatic rings. The zero-order valence-corrected chi connectivity index (χ0v) is 25.6. The highest BCUT2D eigenvalue weighted by Crippen LogP contribution is 2.43. The highest BCUT2D eigenvalue weighted by molar-refractivity contribution is 6.04. The number of fused-ring (bicyclic) bond motifs is 5. The van der Waals surface area contributed by atoms with E-state index in [2.05, 4.69) is 22.4 Å². The summed E-state index contributed by atoms with van der Waals surface area (Å²) in [5.74, 6) is 1.44. The van der Waals surface area contributed by atoms with Gasteiger partial charge in [0.05, 0.1) is 10.9 Å². The summed E-state index contributed by atoms with van der Waals surface area (Å²) in [6.07, 6.45) is 6.94. The number of benzene rings is 2. The van der Waals surface area contributed by atoms with Crippen molar-refractivity contribution < 1.29 is 13.5 Å². The number of rotatable bonds is 6. The van der Waals surface area contributed by atoms with Crippen molar-refractivity contribution in [3.05, 3.63) is 60.1 Å². The van der Waals surface area contributed by atoms with Crippen LogP contribution in [0, 0.1) is 24.6 Å². The monoisotopic (exact) mass is 595 g/mol. The van der Waals surface area contributed by atoms with Crippen LogP contribution in [-0.2, 0) is 0 Å². The van der Waals surface area contributed by atoms with Crippen LogP contribution in [0.15, 0.2) is 43.1 Å². The third kappa shape index (κ3) is 4.56. The summed E-state index contributed by atoms with van der Waals surface area (Å²) in [7, 11) is 0. The first-order valence-electron chi connectivity index (χ1n) is 16.1. The van der Waals surface area contributed by atoms with Crippen LogP contribution in [0.1, 0.15) is 56.6 Å². The normalized spacial score (nSPS) is 26.5. The second-order valence-electron chi connectivity index (χ2n) is 13.8. The lowest BCUT2D eigenvalue weighted by Crippen LogP contribution is -2.43. The van der Waals surface area contributed by atoms with Gasteiger partial charge in [0.2, 0.25) is 0 Å². The third-order valence-corrected chi connectivity index (χ3v) is 10.6. The van der Waals surface area contributed by atoms with Crippen LogP contribution in [-0.4, -0.2) is 64.3 Å². The fourth-order valence-corrected chi connectivity index (χ4v) is 8.66. The average Bonchev–Trinajstić information content (AvgIpc) is 3.65. The zero-order valence-electron chi connectivity index (χ0n) is 25.6. The first-order valence-corrected chi connectivity index (χ1v) is 16.1. The number of hydrogen-bond acceptors (Lipinski definition) is 6. The fourth-order valence-electron chi connectivity index (χ4n) is 8.66. The maximum absolute atomic E-state index is 16.9. The van der Waals surface area contributed by atoms with Crippen molar-refractivity contribution >= 4 is 33.1 Å². The molecule has 3 saturated heterocycles. The van der Waals surface area contributed by atoms with Gasteiger partial charge in [-0.25, -0.2) is 8.78 Å². The minimum atomic E-state index is -0.852. The Balaban J connectivity index is 1.27. The van der Waals surface area contributed by atoms with Crippen molar-refractivity contribution in [2.75, 3.05) is 37.7 Å². The number of pyridine rings is 1. The Bertz CT molecular complexity index is 1800. The maximum atomic E-state index is 16.9. The first kappa shape index (κ1) is 27.9. The molecule has 0 N–H and O–H groups in total. The number of piperidine rings is 1. The summed E-state index contributed by atoms with van der Waals surface area (Å²) in [6.45, 7) is 11.6. The van der Waals surface area contributed by atoms with Crippen molar-refractivity contribution in [1.82, 2.24) is 19.9 Å². The molecule has 2 aromatic heterocycles. The van der Waals surface area contributed by atoms with E-state index in [1.165, 1.54) is 19.3 Å². The summed E-state index contributed by atoms with van der Waals surface area (Å²) in [5.41, 5.74) is 3.74. The highest BCUT2D eigenvalue weighted by Gasteiger charge is 2.49. The SMILES string of the molecule is C=C(C)c1cccc2cc(C)cc(-c3ncc4c(N5CC6CCC(C6)C5)nc(OC[C@@]56CCCN5C[C@H](F)C6)nc4c3F)c12. The molecular weight excluding hydrogens is 556 g/mol. The molecule has 0 radical (unpaired) electrons. The Morgan fingerprint density at radius 2 is 1.95 bits per heavy atom. The fraction of sp³-hybridized carbons (Fsp3) is 0.472.